The molecule has 0 fully saturated rings. The van der Waals surface area contributed by atoms with Gasteiger partial charge >= 0.3 is 11.9 Å². The van der Waals surface area contributed by atoms with E-state index in [9.17, 15) is 9.59 Å². The van der Waals surface area contributed by atoms with Crippen molar-refractivity contribution in [1.82, 2.24) is 0 Å². The summed E-state index contributed by atoms with van der Waals surface area (Å²) in [6, 6.07) is 9.24. The Hall–Kier alpha value is -3.94. The van der Waals surface area contributed by atoms with Crippen molar-refractivity contribution >= 4 is 45.6 Å². The van der Waals surface area contributed by atoms with Gasteiger partial charge in [-0.3, -0.25) is 0 Å². The number of hydrogen-bond acceptors (Lipinski definition) is 8. The molecule has 0 aliphatic heterocycles. The summed E-state index contributed by atoms with van der Waals surface area (Å²) >= 11 is 0. The van der Waals surface area contributed by atoms with Crippen molar-refractivity contribution in [2.45, 2.75) is 33.6 Å². The van der Waals surface area contributed by atoms with Crippen molar-refractivity contribution in [3.8, 4) is 11.1 Å². The highest BCUT2D eigenvalue weighted by atomic mass is 16.5. The molecule has 172 valence electrons. The van der Waals surface area contributed by atoms with Crippen LogP contribution in [0.2, 0.25) is 0 Å². The Morgan fingerprint density at radius 1 is 0.879 bits per heavy atom. The number of nitrogens with two attached hydrogens (primary N) is 2. The van der Waals surface area contributed by atoms with Crippen molar-refractivity contribution in [2.24, 2.45) is 0 Å². The highest BCUT2D eigenvalue weighted by molar-refractivity contribution is 6.22. The summed E-state index contributed by atoms with van der Waals surface area (Å²) in [7, 11) is 0. The summed E-state index contributed by atoms with van der Waals surface area (Å²) in [5, 5.41) is 0.853. The van der Waals surface area contributed by atoms with E-state index in [2.05, 4.69) is 0 Å². The number of aryl methyl sites for hydroxylation is 1. The number of nitrogen functional groups attached to an aromatic ring is 2. The van der Waals surface area contributed by atoms with E-state index in [0.29, 0.717) is 40.3 Å². The topological polar surface area (TPSA) is 131 Å². The van der Waals surface area contributed by atoms with Gasteiger partial charge in [-0.15, -0.1) is 0 Å². The quantitative estimate of drug-likeness (QED) is 0.355. The van der Waals surface area contributed by atoms with Gasteiger partial charge in [0.15, 0.2) is 0 Å². The van der Waals surface area contributed by atoms with Crippen molar-refractivity contribution in [1.29, 1.82) is 0 Å². The van der Waals surface area contributed by atoms with E-state index in [4.69, 9.17) is 29.8 Å². The van der Waals surface area contributed by atoms with Crippen LogP contribution in [0.25, 0.3) is 33.1 Å². The van der Waals surface area contributed by atoms with E-state index in [1.165, 1.54) is 0 Å². The van der Waals surface area contributed by atoms with Crippen LogP contribution >= 0.6 is 0 Å². The van der Waals surface area contributed by atoms with Gasteiger partial charge in [0.25, 0.3) is 0 Å². The molecule has 0 bridgehead atoms. The second-order valence-electron chi connectivity index (χ2n) is 7.82. The average molecular weight is 450 g/mol. The third kappa shape index (κ3) is 3.88. The summed E-state index contributed by atoms with van der Waals surface area (Å²) in [4.78, 5) is 25.6. The van der Waals surface area contributed by atoms with E-state index in [-0.39, 0.29) is 36.1 Å². The number of fused-ring (bicyclic) bond motifs is 2. The fourth-order valence-corrected chi connectivity index (χ4v) is 3.79. The molecule has 2 aromatic carbocycles. The van der Waals surface area contributed by atoms with E-state index >= 15 is 0 Å². The molecule has 0 aliphatic carbocycles. The van der Waals surface area contributed by atoms with Gasteiger partial charge in [-0.1, -0.05) is 43.7 Å². The van der Waals surface area contributed by atoms with Gasteiger partial charge in [0.05, 0.1) is 13.2 Å². The molecule has 4 N–H and O–H groups in total. The molecule has 0 unspecified atom stereocenters. The van der Waals surface area contributed by atoms with Crippen LogP contribution in [0, 0.1) is 6.92 Å². The number of esters is 2. The van der Waals surface area contributed by atoms with Crippen LogP contribution in [0.1, 0.15) is 53.0 Å². The SMILES string of the molecule is CCCOC(=O)c1c(N)oc2c(-c3ccc(C)cc3)c3c(C(=O)OCCC)c(N)oc3cc12. The lowest BCUT2D eigenvalue weighted by Crippen LogP contribution is -2.08. The lowest BCUT2D eigenvalue weighted by molar-refractivity contribution is 0.0498. The number of carbonyl (C=O) groups is 2. The van der Waals surface area contributed by atoms with Crippen LogP contribution in [0.5, 0.6) is 0 Å². The molecule has 0 radical (unpaired) electrons. The zero-order chi connectivity index (χ0) is 23.7. The second kappa shape index (κ2) is 8.90. The van der Waals surface area contributed by atoms with Crippen LogP contribution < -0.4 is 11.5 Å². The number of rotatable bonds is 7. The summed E-state index contributed by atoms with van der Waals surface area (Å²) in [6.07, 6.45) is 1.33. The lowest BCUT2D eigenvalue weighted by atomic mass is 9.95. The van der Waals surface area contributed by atoms with E-state index in [1.54, 1.807) is 6.07 Å². The van der Waals surface area contributed by atoms with Crippen molar-refractivity contribution < 1.29 is 27.9 Å². The van der Waals surface area contributed by atoms with Gasteiger partial charge in [-0.2, -0.15) is 0 Å². The number of hydrogen-bond donors (Lipinski definition) is 2. The Morgan fingerprint density at radius 2 is 1.45 bits per heavy atom. The monoisotopic (exact) mass is 450 g/mol. The molecule has 0 aliphatic rings. The highest BCUT2D eigenvalue weighted by Gasteiger charge is 2.30. The first-order valence-electron chi connectivity index (χ1n) is 10.9. The molecular weight excluding hydrogens is 424 g/mol. The number of carbonyl (C=O) groups excluding carboxylic acids is 2. The summed E-state index contributed by atoms with van der Waals surface area (Å²) in [5.74, 6) is -1.34. The molecule has 8 nitrogen and oxygen atoms in total. The van der Waals surface area contributed by atoms with Gasteiger partial charge in [-0.25, -0.2) is 9.59 Å². The van der Waals surface area contributed by atoms with Gasteiger partial charge in [0.1, 0.15) is 22.3 Å². The number of furan rings is 2. The van der Waals surface area contributed by atoms with E-state index < -0.39 is 11.9 Å². The Labute approximate surface area is 190 Å². The van der Waals surface area contributed by atoms with E-state index in [0.717, 1.165) is 11.1 Å². The molecule has 0 saturated carbocycles. The summed E-state index contributed by atoms with van der Waals surface area (Å²) in [5.41, 5.74) is 15.4. The molecule has 2 aromatic heterocycles. The Bertz CT molecular complexity index is 1350. The maximum Gasteiger partial charge on any atom is 0.344 e. The van der Waals surface area contributed by atoms with Crippen LogP contribution in [-0.4, -0.2) is 25.2 Å². The minimum Gasteiger partial charge on any atom is -0.462 e. The first-order valence-corrected chi connectivity index (χ1v) is 10.9. The normalized spacial score (nSPS) is 11.2. The van der Waals surface area contributed by atoms with Gasteiger partial charge in [0, 0.05) is 16.3 Å². The molecule has 2 heterocycles. The third-order valence-corrected chi connectivity index (χ3v) is 5.31. The van der Waals surface area contributed by atoms with Crippen LogP contribution in [0.4, 0.5) is 11.8 Å². The van der Waals surface area contributed by atoms with Crippen LogP contribution in [0.15, 0.2) is 39.2 Å². The third-order valence-electron chi connectivity index (χ3n) is 5.31. The molecule has 4 aromatic rings. The zero-order valence-electron chi connectivity index (χ0n) is 18.8. The van der Waals surface area contributed by atoms with Gasteiger partial charge in [-0.05, 0) is 31.4 Å². The van der Waals surface area contributed by atoms with E-state index in [1.807, 2.05) is 45.0 Å². The first kappa shape index (κ1) is 22.3. The van der Waals surface area contributed by atoms with Crippen LogP contribution in [0.3, 0.4) is 0 Å². The summed E-state index contributed by atoms with van der Waals surface area (Å²) < 4.78 is 22.3. The van der Waals surface area contributed by atoms with Crippen LogP contribution in [-0.2, 0) is 9.47 Å². The largest absolute Gasteiger partial charge is 0.462 e. The molecular formula is C25H26N2O6. The Morgan fingerprint density at radius 3 is 2.06 bits per heavy atom. The van der Waals surface area contributed by atoms with Gasteiger partial charge < -0.3 is 29.8 Å². The second-order valence-corrected chi connectivity index (χ2v) is 7.82. The van der Waals surface area contributed by atoms with Crippen molar-refractivity contribution in [3.63, 3.8) is 0 Å². The molecule has 4 rings (SSSR count). The van der Waals surface area contributed by atoms with Crippen molar-refractivity contribution in [2.75, 3.05) is 24.7 Å². The number of benzene rings is 2. The minimum atomic E-state index is -0.595. The first-order chi connectivity index (χ1) is 15.9. The zero-order valence-corrected chi connectivity index (χ0v) is 18.8. The predicted molar refractivity (Wildman–Crippen MR) is 126 cm³/mol. The summed E-state index contributed by atoms with van der Waals surface area (Å²) in [6.45, 7) is 6.26. The Kier molecular flexibility index (Phi) is 6.00. The maximum atomic E-state index is 12.9. The average Bonchev–Trinajstić information content (AvgIpc) is 3.29. The Balaban J connectivity index is 2.07. The highest BCUT2D eigenvalue weighted by Crippen LogP contribution is 2.45. The molecule has 8 heteroatoms. The number of anilines is 2. The molecule has 0 amide bonds. The smallest absolute Gasteiger partial charge is 0.344 e. The number of ether oxygens (including phenoxy) is 2. The molecule has 0 saturated heterocycles. The minimum absolute atomic E-state index is 0.0739. The maximum absolute atomic E-state index is 12.9. The fourth-order valence-electron chi connectivity index (χ4n) is 3.79. The molecule has 0 spiro atoms. The molecule has 0 atom stereocenters. The van der Waals surface area contributed by atoms with Crippen molar-refractivity contribution in [3.05, 3.63) is 47.0 Å². The molecule has 33 heavy (non-hydrogen) atoms. The fraction of sp³-hybridized carbons (Fsp3) is 0.280. The standard InChI is InChI=1S/C25H26N2O6/c1-4-10-30-24(28)18-15-12-16-19(20(23(27)32-16)25(29)31-11-5-2)17(21(15)33-22(18)26)14-8-6-13(3)7-9-14/h6-9,12H,4-5,10-11,26-27H2,1-3H3. The van der Waals surface area contributed by atoms with Gasteiger partial charge in [0.2, 0.25) is 11.8 Å². The predicted octanol–water partition coefficient (Wildman–Crippen LogP) is 5.45. The lowest BCUT2D eigenvalue weighted by Gasteiger charge is -2.08.